The first-order valence-corrected chi connectivity index (χ1v) is 11.6. The fraction of sp³-hybridized carbons (Fsp3) is 0.214. The van der Waals surface area contributed by atoms with E-state index in [1.807, 2.05) is 13.0 Å². The average Bonchev–Trinajstić information content (AvgIpc) is 3.16. The Morgan fingerprint density at radius 2 is 1.78 bits per heavy atom. The van der Waals surface area contributed by atoms with Crippen molar-refractivity contribution in [1.29, 1.82) is 0 Å². The Bertz CT molecular complexity index is 1470. The SMILES string of the molecule is COCc1c(C)n(C(=O)c2ccc(OCCc3cccc([N+](=O)[O-])c3)cc2)c2cccc(CC(=O)O)c12. The van der Waals surface area contributed by atoms with Gasteiger partial charge in [0.2, 0.25) is 0 Å². The molecule has 0 bridgehead atoms. The van der Waals surface area contributed by atoms with Crippen LogP contribution in [0, 0.1) is 17.0 Å². The van der Waals surface area contributed by atoms with E-state index in [0.717, 1.165) is 16.5 Å². The van der Waals surface area contributed by atoms with Crippen molar-refractivity contribution in [2.24, 2.45) is 0 Å². The molecule has 0 fully saturated rings. The van der Waals surface area contributed by atoms with Crippen molar-refractivity contribution in [3.63, 3.8) is 0 Å². The van der Waals surface area contributed by atoms with Crippen molar-refractivity contribution < 1.29 is 29.1 Å². The van der Waals surface area contributed by atoms with Crippen molar-refractivity contribution >= 4 is 28.5 Å². The van der Waals surface area contributed by atoms with Gasteiger partial charge >= 0.3 is 5.97 Å². The standard InChI is InChI=1S/C28H26N2O7/c1-18-24(17-36-2)27-21(16-26(31)32)6-4-8-25(27)29(18)28(33)20-9-11-23(12-10-20)37-14-13-19-5-3-7-22(15-19)30(34)35/h3-12,15H,13-14,16-17H2,1-2H3,(H,31,32). The number of aliphatic carboxylic acids is 1. The number of carbonyl (C=O) groups is 2. The number of fused-ring (bicyclic) bond motifs is 1. The number of hydrogen-bond acceptors (Lipinski definition) is 6. The van der Waals surface area contributed by atoms with Gasteiger partial charge < -0.3 is 14.6 Å². The monoisotopic (exact) mass is 502 g/mol. The summed E-state index contributed by atoms with van der Waals surface area (Å²) in [4.78, 5) is 35.5. The van der Waals surface area contributed by atoms with Crippen LogP contribution in [0.1, 0.15) is 32.7 Å². The number of nitro groups is 1. The molecule has 1 aromatic heterocycles. The van der Waals surface area contributed by atoms with E-state index >= 15 is 0 Å². The van der Waals surface area contributed by atoms with Gasteiger partial charge in [-0.15, -0.1) is 0 Å². The Balaban J connectivity index is 1.54. The molecular weight excluding hydrogens is 476 g/mol. The van der Waals surface area contributed by atoms with E-state index in [9.17, 15) is 24.8 Å². The van der Waals surface area contributed by atoms with E-state index in [4.69, 9.17) is 9.47 Å². The van der Waals surface area contributed by atoms with Gasteiger partial charge in [-0.2, -0.15) is 0 Å². The van der Waals surface area contributed by atoms with Gasteiger partial charge in [0.05, 0.1) is 30.1 Å². The summed E-state index contributed by atoms with van der Waals surface area (Å²) >= 11 is 0. The number of benzene rings is 3. The number of methoxy groups -OCH3 is 1. The van der Waals surface area contributed by atoms with Crippen LogP contribution < -0.4 is 4.74 Å². The van der Waals surface area contributed by atoms with Crippen LogP contribution in [-0.2, 0) is 29.0 Å². The van der Waals surface area contributed by atoms with Gasteiger partial charge in [0.15, 0.2) is 0 Å². The smallest absolute Gasteiger partial charge is 0.307 e. The molecule has 0 amide bonds. The van der Waals surface area contributed by atoms with Crippen molar-refractivity contribution in [3.05, 3.63) is 105 Å². The first-order valence-electron chi connectivity index (χ1n) is 11.6. The fourth-order valence-corrected chi connectivity index (χ4v) is 4.45. The zero-order chi connectivity index (χ0) is 26.5. The van der Waals surface area contributed by atoms with E-state index in [2.05, 4.69) is 0 Å². The normalized spacial score (nSPS) is 11.0. The Hall–Kier alpha value is -4.50. The van der Waals surface area contributed by atoms with Crippen LogP contribution in [0.15, 0.2) is 66.7 Å². The molecule has 0 saturated carbocycles. The number of aromatic nitrogens is 1. The predicted molar refractivity (Wildman–Crippen MR) is 137 cm³/mol. The molecule has 0 unspecified atom stereocenters. The Morgan fingerprint density at radius 3 is 2.46 bits per heavy atom. The summed E-state index contributed by atoms with van der Waals surface area (Å²) in [6.07, 6.45) is 0.339. The molecule has 3 aromatic carbocycles. The van der Waals surface area contributed by atoms with E-state index in [1.54, 1.807) is 60.2 Å². The highest BCUT2D eigenvalue weighted by Crippen LogP contribution is 2.31. The van der Waals surface area contributed by atoms with Gasteiger partial charge in [0, 0.05) is 47.9 Å². The number of ether oxygens (including phenoxy) is 2. The molecule has 9 heteroatoms. The topological polar surface area (TPSA) is 121 Å². The summed E-state index contributed by atoms with van der Waals surface area (Å²) in [6, 6.07) is 18.5. The summed E-state index contributed by atoms with van der Waals surface area (Å²) in [7, 11) is 1.56. The molecule has 9 nitrogen and oxygen atoms in total. The highest BCUT2D eigenvalue weighted by Gasteiger charge is 2.22. The third-order valence-electron chi connectivity index (χ3n) is 6.16. The van der Waals surface area contributed by atoms with Crippen molar-refractivity contribution in [1.82, 2.24) is 4.57 Å². The van der Waals surface area contributed by atoms with Gasteiger partial charge in [-0.05, 0) is 48.4 Å². The Labute approximate surface area is 213 Å². The van der Waals surface area contributed by atoms with E-state index in [0.29, 0.717) is 41.1 Å². The lowest BCUT2D eigenvalue weighted by molar-refractivity contribution is -0.384. The number of nitrogens with zero attached hydrogens (tertiary/aromatic N) is 2. The highest BCUT2D eigenvalue weighted by molar-refractivity contribution is 6.05. The first-order chi connectivity index (χ1) is 17.8. The van der Waals surface area contributed by atoms with Crippen molar-refractivity contribution in [2.75, 3.05) is 13.7 Å². The van der Waals surface area contributed by atoms with Gasteiger partial charge in [-0.25, -0.2) is 0 Å². The van der Waals surface area contributed by atoms with Crippen molar-refractivity contribution in [3.8, 4) is 5.75 Å². The molecule has 0 radical (unpaired) electrons. The molecule has 190 valence electrons. The second-order valence-corrected chi connectivity index (χ2v) is 8.57. The third kappa shape index (κ3) is 5.52. The summed E-state index contributed by atoms with van der Waals surface area (Å²) < 4.78 is 12.7. The number of rotatable bonds is 10. The quantitative estimate of drug-likeness (QED) is 0.241. The summed E-state index contributed by atoms with van der Waals surface area (Å²) in [5, 5.41) is 21.0. The maximum Gasteiger partial charge on any atom is 0.307 e. The number of carboxylic acids is 1. The second-order valence-electron chi connectivity index (χ2n) is 8.57. The number of carbonyl (C=O) groups excluding carboxylic acids is 1. The Kier molecular flexibility index (Phi) is 7.64. The number of hydrogen-bond donors (Lipinski definition) is 1. The first kappa shape index (κ1) is 25.6. The molecule has 0 spiro atoms. The lowest BCUT2D eigenvalue weighted by atomic mass is 10.0. The zero-order valence-corrected chi connectivity index (χ0v) is 20.5. The maximum absolute atomic E-state index is 13.5. The molecule has 0 atom stereocenters. The summed E-state index contributed by atoms with van der Waals surface area (Å²) in [5.41, 5.74) is 4.01. The lowest BCUT2D eigenvalue weighted by Gasteiger charge is -2.10. The molecular formula is C28H26N2O7. The molecule has 0 aliphatic rings. The van der Waals surface area contributed by atoms with Gasteiger partial charge in [0.1, 0.15) is 5.75 Å². The molecule has 0 aliphatic heterocycles. The fourth-order valence-electron chi connectivity index (χ4n) is 4.45. The molecule has 0 saturated heterocycles. The molecule has 4 aromatic rings. The number of carboxylic acid groups (broad SMARTS) is 1. The molecule has 4 rings (SSSR count). The number of nitro benzene ring substituents is 1. The predicted octanol–water partition coefficient (Wildman–Crippen LogP) is 4.94. The number of non-ortho nitro benzene ring substituents is 1. The minimum Gasteiger partial charge on any atom is -0.493 e. The molecule has 1 N–H and O–H groups in total. The van der Waals surface area contributed by atoms with Gasteiger partial charge in [-0.3, -0.25) is 24.3 Å². The van der Waals surface area contributed by atoms with Crippen LogP contribution in [0.5, 0.6) is 5.75 Å². The minimum atomic E-state index is -0.950. The summed E-state index contributed by atoms with van der Waals surface area (Å²) in [5.74, 6) is -0.631. The van der Waals surface area contributed by atoms with Gasteiger partial charge in [-0.1, -0.05) is 24.3 Å². The summed E-state index contributed by atoms with van der Waals surface area (Å²) in [6.45, 7) is 2.39. The maximum atomic E-state index is 13.5. The Morgan fingerprint density at radius 1 is 1.05 bits per heavy atom. The minimum absolute atomic E-state index is 0.0388. The molecule has 37 heavy (non-hydrogen) atoms. The van der Waals surface area contributed by atoms with Crippen LogP contribution in [-0.4, -0.2) is 40.2 Å². The highest BCUT2D eigenvalue weighted by atomic mass is 16.6. The second kappa shape index (κ2) is 11.0. The molecule has 1 heterocycles. The largest absolute Gasteiger partial charge is 0.493 e. The van der Waals surface area contributed by atoms with E-state index in [1.165, 1.54) is 12.1 Å². The van der Waals surface area contributed by atoms with Crippen LogP contribution >= 0.6 is 0 Å². The average molecular weight is 503 g/mol. The van der Waals surface area contributed by atoms with Crippen LogP contribution in [0.3, 0.4) is 0 Å². The van der Waals surface area contributed by atoms with Crippen LogP contribution in [0.4, 0.5) is 5.69 Å². The van der Waals surface area contributed by atoms with E-state index in [-0.39, 0.29) is 24.6 Å². The third-order valence-corrected chi connectivity index (χ3v) is 6.16. The lowest BCUT2D eigenvalue weighted by Crippen LogP contribution is -2.14. The van der Waals surface area contributed by atoms with E-state index < -0.39 is 10.9 Å². The van der Waals surface area contributed by atoms with Gasteiger partial charge in [0.25, 0.3) is 11.6 Å². The molecule has 0 aliphatic carbocycles. The van der Waals surface area contributed by atoms with Crippen molar-refractivity contribution in [2.45, 2.75) is 26.4 Å². The van der Waals surface area contributed by atoms with Crippen LogP contribution in [0.2, 0.25) is 0 Å². The zero-order valence-electron chi connectivity index (χ0n) is 20.5. The van der Waals surface area contributed by atoms with Crippen LogP contribution in [0.25, 0.3) is 10.9 Å².